The van der Waals surface area contributed by atoms with Crippen molar-refractivity contribution in [2.24, 2.45) is 23.7 Å². The Morgan fingerprint density at radius 2 is 1.30 bits per heavy atom. The molecule has 172 valence electrons. The van der Waals surface area contributed by atoms with Crippen molar-refractivity contribution in [1.82, 2.24) is 0 Å². The fourth-order valence-corrected chi connectivity index (χ4v) is 7.03. The molecule has 3 aromatic rings. The van der Waals surface area contributed by atoms with Gasteiger partial charge < -0.3 is 24.8 Å². The van der Waals surface area contributed by atoms with Crippen LogP contribution < -0.4 is 24.8 Å². The van der Waals surface area contributed by atoms with Gasteiger partial charge in [-0.2, -0.15) is 6.08 Å². The maximum atomic E-state index is 2.99. The summed E-state index contributed by atoms with van der Waals surface area (Å²) in [5.74, 6) is 4.40. The van der Waals surface area contributed by atoms with Crippen LogP contribution in [0.2, 0.25) is 0 Å². The average molecular weight is 511 g/mol. The van der Waals surface area contributed by atoms with Crippen molar-refractivity contribution < 1.29 is 44.8 Å². The Labute approximate surface area is 223 Å². The van der Waals surface area contributed by atoms with E-state index in [-0.39, 0.29) is 24.8 Å². The molecule has 3 aromatic carbocycles. The SMILES string of the molecule is Cc1ccc2c(c1)[cH-]c1cc(C)ccc12.[C-]1=CC=CC1.[Cl-].[Cl-].[Ti+2]=[C]1C2CC3CC(C2)CC1C3. The van der Waals surface area contributed by atoms with Gasteiger partial charge in [-0.1, -0.05) is 35.4 Å². The molecule has 0 amide bonds. The van der Waals surface area contributed by atoms with Gasteiger partial charge in [0, 0.05) is 0 Å². The Kier molecular flexibility index (Phi) is 9.33. The Bertz CT molecular complexity index is 1070. The fourth-order valence-electron chi connectivity index (χ4n) is 6.29. The summed E-state index contributed by atoms with van der Waals surface area (Å²) in [4.78, 5) is 0. The number of halogens is 2. The number of allylic oxidation sites excluding steroid dienone is 4. The van der Waals surface area contributed by atoms with E-state index in [1.54, 1.807) is 32.1 Å². The normalized spacial score (nSPS) is 25.8. The van der Waals surface area contributed by atoms with E-state index in [9.17, 15) is 0 Å². The second kappa shape index (κ2) is 11.6. The van der Waals surface area contributed by atoms with Gasteiger partial charge in [0.05, 0.1) is 0 Å². The molecule has 0 aromatic heterocycles. The van der Waals surface area contributed by atoms with E-state index in [1.807, 2.05) is 16.0 Å². The summed E-state index contributed by atoms with van der Waals surface area (Å²) in [5.41, 5.74) is 2.66. The van der Waals surface area contributed by atoms with Gasteiger partial charge in [-0.15, -0.1) is 46.2 Å². The first kappa shape index (κ1) is 26.6. The summed E-state index contributed by atoms with van der Waals surface area (Å²) in [6.07, 6.45) is 17.8. The quantitative estimate of drug-likeness (QED) is 0.319. The van der Waals surface area contributed by atoms with Gasteiger partial charge in [0.15, 0.2) is 0 Å². The van der Waals surface area contributed by atoms with Crippen LogP contribution in [-0.4, -0.2) is 3.81 Å². The molecule has 33 heavy (non-hydrogen) atoms. The van der Waals surface area contributed by atoms with Crippen molar-refractivity contribution in [2.45, 2.75) is 52.4 Å². The maximum absolute atomic E-state index is 2.99. The van der Waals surface area contributed by atoms with Crippen LogP contribution in [0.5, 0.6) is 0 Å². The van der Waals surface area contributed by atoms with E-state index in [4.69, 9.17) is 0 Å². The number of hydrogen-bond donors (Lipinski definition) is 0. The van der Waals surface area contributed by atoms with Crippen LogP contribution in [0.3, 0.4) is 0 Å². The first-order valence-electron chi connectivity index (χ1n) is 11.9. The van der Waals surface area contributed by atoms with Gasteiger partial charge in [0.1, 0.15) is 0 Å². The summed E-state index contributed by atoms with van der Waals surface area (Å²) in [6, 6.07) is 15.6. The molecule has 8 rings (SSSR count). The Morgan fingerprint density at radius 1 is 0.788 bits per heavy atom. The zero-order chi connectivity index (χ0) is 21.4. The molecule has 3 heteroatoms. The fraction of sp³-hybridized carbons (Fsp3) is 0.400. The predicted molar refractivity (Wildman–Crippen MR) is 130 cm³/mol. The van der Waals surface area contributed by atoms with Crippen LogP contribution in [-0.2, 0) is 20.0 Å². The first-order valence-corrected chi connectivity index (χ1v) is 12.7. The summed E-state index contributed by atoms with van der Waals surface area (Å²) >= 11 is 2.42. The van der Waals surface area contributed by atoms with Crippen molar-refractivity contribution in [3.05, 3.63) is 77.9 Å². The van der Waals surface area contributed by atoms with E-state index in [0.29, 0.717) is 0 Å². The minimum absolute atomic E-state index is 0. The van der Waals surface area contributed by atoms with E-state index >= 15 is 0 Å². The number of aryl methyl sites for hydroxylation is 2. The summed E-state index contributed by atoms with van der Waals surface area (Å²) in [7, 11) is 0. The van der Waals surface area contributed by atoms with Crippen molar-refractivity contribution in [3.8, 4) is 0 Å². The van der Waals surface area contributed by atoms with Gasteiger partial charge in [0.2, 0.25) is 0 Å². The van der Waals surface area contributed by atoms with Crippen LogP contribution in [0.15, 0.2) is 60.7 Å². The second-order valence-corrected chi connectivity index (χ2v) is 11.0. The van der Waals surface area contributed by atoms with E-state index < -0.39 is 0 Å². The van der Waals surface area contributed by atoms with Gasteiger partial charge in [-0.25, -0.2) is 12.2 Å². The van der Waals surface area contributed by atoms with Crippen LogP contribution in [0.1, 0.15) is 49.7 Å². The van der Waals surface area contributed by atoms with E-state index in [1.165, 1.54) is 32.7 Å². The molecule has 0 unspecified atom stereocenters. The molecular weight excluding hydrogens is 479 g/mol. The minimum atomic E-state index is 0. The third-order valence-electron chi connectivity index (χ3n) is 7.62. The zero-order valence-electron chi connectivity index (χ0n) is 19.6. The molecule has 5 aliphatic rings. The second-order valence-electron chi connectivity index (χ2n) is 10.1. The van der Waals surface area contributed by atoms with Crippen molar-refractivity contribution in [1.29, 1.82) is 0 Å². The monoisotopic (exact) mass is 510 g/mol. The molecule has 0 atom stereocenters. The summed E-state index contributed by atoms with van der Waals surface area (Å²) in [6.45, 7) is 4.28. The van der Waals surface area contributed by atoms with E-state index in [0.717, 1.165) is 30.1 Å². The molecule has 0 aliphatic heterocycles. The zero-order valence-corrected chi connectivity index (χ0v) is 22.7. The molecule has 0 radical (unpaired) electrons. The van der Waals surface area contributed by atoms with E-state index in [2.05, 4.69) is 88.4 Å². The third-order valence-corrected chi connectivity index (χ3v) is 8.89. The molecular formula is C30H32Cl2Ti-2. The van der Waals surface area contributed by atoms with Gasteiger partial charge in [0.25, 0.3) is 0 Å². The number of rotatable bonds is 0. The first-order chi connectivity index (χ1) is 15.1. The summed E-state index contributed by atoms with van der Waals surface area (Å²) in [5, 5.41) is 5.46. The van der Waals surface area contributed by atoms with Crippen LogP contribution in [0.4, 0.5) is 0 Å². The molecule has 0 N–H and O–H groups in total. The molecule has 4 saturated carbocycles. The molecule has 0 heterocycles. The molecule has 0 nitrogen and oxygen atoms in total. The molecule has 0 spiro atoms. The number of fused-ring (bicyclic) bond motifs is 3. The van der Waals surface area contributed by atoms with Crippen molar-refractivity contribution >= 4 is 25.4 Å². The molecule has 0 saturated heterocycles. The standard InChI is InChI=1S/C15H13.C10H14.C5H5.2ClH.Ti/c1-10-3-5-14-12(7-10)9-13-8-11(2)4-6-15(13)14;1-7-2-9-4-8(1)5-10(3-7)6-9;1-2-4-5-3-1;;;/h3-9H,1-2H3;7-10H,1-5H2;1-3H,4H2;2*1H;/q-1;;-1;;;+2/p-2. The number of hydrogen-bond acceptors (Lipinski definition) is 0. The molecule has 4 fully saturated rings. The van der Waals surface area contributed by atoms with Crippen molar-refractivity contribution in [2.75, 3.05) is 0 Å². The van der Waals surface area contributed by atoms with Gasteiger partial charge in [-0.3, -0.25) is 6.08 Å². The Balaban J connectivity index is 0.000000150. The Morgan fingerprint density at radius 3 is 1.70 bits per heavy atom. The topological polar surface area (TPSA) is 0 Å². The predicted octanol–water partition coefficient (Wildman–Crippen LogP) is 1.80. The third kappa shape index (κ3) is 5.97. The van der Waals surface area contributed by atoms with Crippen LogP contribution in [0.25, 0.3) is 21.5 Å². The summed E-state index contributed by atoms with van der Waals surface area (Å²) < 4.78 is 1.87. The number of benzene rings is 2. The van der Waals surface area contributed by atoms with Gasteiger partial charge >= 0.3 is 79.6 Å². The van der Waals surface area contributed by atoms with Crippen LogP contribution >= 0.6 is 0 Å². The van der Waals surface area contributed by atoms with Crippen LogP contribution in [0, 0.1) is 43.6 Å². The average Bonchev–Trinajstić information content (AvgIpc) is 3.42. The molecule has 4 bridgehead atoms. The Hall–Kier alpha value is -1.05. The molecule has 5 aliphatic carbocycles. The van der Waals surface area contributed by atoms with Crippen molar-refractivity contribution in [3.63, 3.8) is 0 Å². The van der Waals surface area contributed by atoms with Gasteiger partial charge in [-0.05, 0) is 13.8 Å².